The molecule has 0 saturated carbocycles. The predicted molar refractivity (Wildman–Crippen MR) is 111 cm³/mol. The zero-order valence-corrected chi connectivity index (χ0v) is 16.0. The Kier molecular flexibility index (Phi) is 4.74. The van der Waals surface area contributed by atoms with Crippen LogP contribution in [0.2, 0.25) is 0 Å². The molecule has 0 bridgehead atoms. The molecule has 2 saturated heterocycles. The summed E-state index contributed by atoms with van der Waals surface area (Å²) in [5.74, 6) is 1.98. The van der Waals surface area contributed by atoms with Crippen molar-refractivity contribution in [2.75, 3.05) is 49.1 Å². The fourth-order valence-electron chi connectivity index (χ4n) is 4.18. The number of benzene rings is 1. The molecule has 28 heavy (non-hydrogen) atoms. The maximum Gasteiger partial charge on any atom is 0.142 e. The number of piperazine rings is 1. The van der Waals surface area contributed by atoms with Gasteiger partial charge in [0.2, 0.25) is 0 Å². The van der Waals surface area contributed by atoms with Crippen molar-refractivity contribution < 1.29 is 0 Å². The highest BCUT2D eigenvalue weighted by atomic mass is 15.3. The Morgan fingerprint density at radius 1 is 0.786 bits per heavy atom. The third kappa shape index (κ3) is 3.49. The summed E-state index contributed by atoms with van der Waals surface area (Å²) in [7, 11) is 0. The molecule has 0 aliphatic carbocycles. The minimum absolute atomic E-state index is 0.819. The van der Waals surface area contributed by atoms with Gasteiger partial charge in [0.1, 0.15) is 18.0 Å². The Morgan fingerprint density at radius 2 is 1.57 bits per heavy atom. The van der Waals surface area contributed by atoms with Crippen LogP contribution < -0.4 is 9.80 Å². The van der Waals surface area contributed by atoms with Gasteiger partial charge >= 0.3 is 0 Å². The van der Waals surface area contributed by atoms with Crippen molar-refractivity contribution in [3.8, 4) is 0 Å². The Balaban J connectivity index is 1.32. The van der Waals surface area contributed by atoms with Crippen molar-refractivity contribution in [3.05, 3.63) is 48.8 Å². The van der Waals surface area contributed by atoms with E-state index in [4.69, 9.17) is 0 Å². The molecule has 2 aliphatic heterocycles. The third-order valence-corrected chi connectivity index (χ3v) is 5.73. The molecule has 0 N–H and O–H groups in total. The minimum Gasteiger partial charge on any atom is -0.369 e. The van der Waals surface area contributed by atoms with Crippen molar-refractivity contribution in [1.82, 2.24) is 24.8 Å². The lowest BCUT2D eigenvalue weighted by atomic mass is 10.1. The van der Waals surface area contributed by atoms with E-state index in [9.17, 15) is 0 Å². The average molecular weight is 375 g/mol. The van der Waals surface area contributed by atoms with Crippen molar-refractivity contribution in [1.29, 1.82) is 0 Å². The predicted octanol–water partition coefficient (Wildman–Crippen LogP) is 2.34. The molecule has 2 aromatic heterocycles. The summed E-state index contributed by atoms with van der Waals surface area (Å²) in [6.45, 7) is 7.05. The van der Waals surface area contributed by atoms with Crippen LogP contribution in [-0.4, -0.2) is 64.1 Å². The van der Waals surface area contributed by atoms with Crippen LogP contribution in [0.1, 0.15) is 18.7 Å². The monoisotopic (exact) mass is 375 g/mol. The van der Waals surface area contributed by atoms with Gasteiger partial charge in [0, 0.05) is 62.7 Å². The first kappa shape index (κ1) is 17.3. The lowest BCUT2D eigenvalue weighted by Gasteiger charge is -2.36. The molecular formula is C21H25N7. The highest BCUT2D eigenvalue weighted by Crippen LogP contribution is 2.30. The molecule has 5 rings (SSSR count). The molecule has 2 fully saturated rings. The first-order chi connectivity index (χ1) is 13.9. The molecule has 7 heteroatoms. The Morgan fingerprint density at radius 3 is 2.36 bits per heavy atom. The summed E-state index contributed by atoms with van der Waals surface area (Å²) in [6, 6.07) is 8.47. The van der Waals surface area contributed by atoms with Gasteiger partial charge in [0.15, 0.2) is 0 Å². The first-order valence-electron chi connectivity index (χ1n) is 10.1. The second kappa shape index (κ2) is 7.67. The van der Waals surface area contributed by atoms with Gasteiger partial charge in [-0.2, -0.15) is 0 Å². The second-order valence-electron chi connectivity index (χ2n) is 7.52. The van der Waals surface area contributed by atoms with Crippen molar-refractivity contribution in [3.63, 3.8) is 0 Å². The number of aromatic nitrogens is 4. The average Bonchev–Trinajstić information content (AvgIpc) is 3.29. The fraction of sp³-hybridized carbons (Fsp3) is 0.429. The number of nitrogens with zero attached hydrogens (tertiary/aromatic N) is 7. The van der Waals surface area contributed by atoms with E-state index >= 15 is 0 Å². The van der Waals surface area contributed by atoms with Gasteiger partial charge in [-0.05, 0) is 37.1 Å². The summed E-state index contributed by atoms with van der Waals surface area (Å²) >= 11 is 0. The van der Waals surface area contributed by atoms with Gasteiger partial charge in [0.05, 0.1) is 12.1 Å². The van der Waals surface area contributed by atoms with E-state index in [2.05, 4.69) is 52.8 Å². The van der Waals surface area contributed by atoms with Crippen LogP contribution in [0.15, 0.2) is 43.0 Å². The second-order valence-corrected chi connectivity index (χ2v) is 7.52. The molecule has 3 aromatic rings. The van der Waals surface area contributed by atoms with Gasteiger partial charge in [-0.15, -0.1) is 0 Å². The van der Waals surface area contributed by atoms with Crippen LogP contribution in [0.5, 0.6) is 0 Å². The van der Waals surface area contributed by atoms with E-state index in [1.807, 2.05) is 18.5 Å². The Labute approximate surface area is 165 Å². The maximum absolute atomic E-state index is 4.61. The molecular weight excluding hydrogens is 350 g/mol. The van der Waals surface area contributed by atoms with E-state index in [0.29, 0.717) is 0 Å². The molecule has 7 nitrogen and oxygen atoms in total. The van der Waals surface area contributed by atoms with Crippen molar-refractivity contribution in [2.24, 2.45) is 0 Å². The first-order valence-corrected chi connectivity index (χ1v) is 10.1. The van der Waals surface area contributed by atoms with Crippen LogP contribution in [0, 0.1) is 0 Å². The van der Waals surface area contributed by atoms with E-state index in [1.165, 1.54) is 23.9 Å². The molecule has 0 atom stereocenters. The standard InChI is InChI=1S/C21H25N7/c1-2-9-28(8-1)21-18-14-17(4-5-19(18)24-16-25-21)27-12-10-26(11-13-27)15-20-22-6-3-7-23-20/h3-7,14,16H,1-2,8-13,15H2. The summed E-state index contributed by atoms with van der Waals surface area (Å²) in [5, 5.41) is 1.17. The minimum atomic E-state index is 0.819. The van der Waals surface area contributed by atoms with Gasteiger partial charge < -0.3 is 9.80 Å². The van der Waals surface area contributed by atoms with Crippen LogP contribution in [0.4, 0.5) is 11.5 Å². The highest BCUT2D eigenvalue weighted by Gasteiger charge is 2.20. The van der Waals surface area contributed by atoms with Gasteiger partial charge in [0.25, 0.3) is 0 Å². The van der Waals surface area contributed by atoms with Gasteiger partial charge in [-0.25, -0.2) is 19.9 Å². The zero-order chi connectivity index (χ0) is 18.8. The SMILES string of the molecule is c1cnc(CN2CCN(c3ccc4ncnc(N5CCCC5)c4c3)CC2)nc1. The quantitative estimate of drug-likeness (QED) is 0.694. The smallest absolute Gasteiger partial charge is 0.142 e. The summed E-state index contributed by atoms with van der Waals surface area (Å²) < 4.78 is 0. The number of hydrogen-bond acceptors (Lipinski definition) is 7. The van der Waals surface area contributed by atoms with Crippen LogP contribution in [0.25, 0.3) is 10.9 Å². The van der Waals surface area contributed by atoms with Crippen molar-refractivity contribution in [2.45, 2.75) is 19.4 Å². The molecule has 144 valence electrons. The van der Waals surface area contributed by atoms with Crippen LogP contribution in [-0.2, 0) is 6.54 Å². The number of anilines is 2. The Bertz CT molecular complexity index is 932. The van der Waals surface area contributed by atoms with Crippen LogP contribution >= 0.6 is 0 Å². The molecule has 1 aromatic carbocycles. The maximum atomic E-state index is 4.61. The summed E-state index contributed by atoms with van der Waals surface area (Å²) in [5.41, 5.74) is 2.29. The number of rotatable bonds is 4. The molecule has 4 heterocycles. The number of hydrogen-bond donors (Lipinski definition) is 0. The molecule has 0 unspecified atom stereocenters. The van der Waals surface area contributed by atoms with E-state index in [0.717, 1.165) is 63.0 Å². The summed E-state index contributed by atoms with van der Waals surface area (Å²) in [6.07, 6.45) is 7.82. The molecule has 2 aliphatic rings. The van der Waals surface area contributed by atoms with Crippen molar-refractivity contribution >= 4 is 22.4 Å². The Hall–Kier alpha value is -2.80. The van der Waals surface area contributed by atoms with Gasteiger partial charge in [-0.1, -0.05) is 0 Å². The lowest BCUT2D eigenvalue weighted by Crippen LogP contribution is -2.46. The van der Waals surface area contributed by atoms with Gasteiger partial charge in [-0.3, -0.25) is 4.90 Å². The van der Waals surface area contributed by atoms with E-state index in [1.54, 1.807) is 6.33 Å². The third-order valence-electron chi connectivity index (χ3n) is 5.73. The lowest BCUT2D eigenvalue weighted by molar-refractivity contribution is 0.244. The topological polar surface area (TPSA) is 61.3 Å². The normalized spacial score (nSPS) is 18.1. The molecule has 0 amide bonds. The highest BCUT2D eigenvalue weighted by molar-refractivity contribution is 5.92. The number of fused-ring (bicyclic) bond motifs is 1. The van der Waals surface area contributed by atoms with E-state index in [-0.39, 0.29) is 0 Å². The van der Waals surface area contributed by atoms with E-state index < -0.39 is 0 Å². The zero-order valence-electron chi connectivity index (χ0n) is 16.0. The molecule has 0 spiro atoms. The fourth-order valence-corrected chi connectivity index (χ4v) is 4.18. The van der Waals surface area contributed by atoms with Crippen LogP contribution in [0.3, 0.4) is 0 Å². The largest absolute Gasteiger partial charge is 0.369 e. The summed E-state index contributed by atoms with van der Waals surface area (Å²) in [4.78, 5) is 25.1. The molecule has 0 radical (unpaired) electrons.